The lowest BCUT2D eigenvalue weighted by Crippen LogP contribution is -2.10. The molecule has 0 aliphatic heterocycles. The molecule has 7 nitrogen and oxygen atoms in total. The van der Waals surface area contributed by atoms with Crippen molar-refractivity contribution >= 4 is 17.9 Å². The van der Waals surface area contributed by atoms with Crippen molar-refractivity contribution in [1.82, 2.24) is 0 Å². The Morgan fingerprint density at radius 2 is 1.20 bits per heavy atom. The number of hydrogen-bond acceptors (Lipinski definition) is 7. The Labute approximate surface area is 239 Å². The van der Waals surface area contributed by atoms with E-state index < -0.39 is 17.9 Å². The molecular formula is C34H32O7. The van der Waals surface area contributed by atoms with Crippen molar-refractivity contribution in [1.29, 1.82) is 0 Å². The number of carbonyl (C=O) groups is 3. The maximum Gasteiger partial charge on any atom is 0.343 e. The van der Waals surface area contributed by atoms with Crippen molar-refractivity contribution in [2.45, 2.75) is 32.1 Å². The summed E-state index contributed by atoms with van der Waals surface area (Å²) in [6, 6.07) is 24.0. The van der Waals surface area contributed by atoms with Crippen LogP contribution >= 0.6 is 0 Å². The first kappa shape index (κ1) is 29.1. The molecule has 0 N–H and O–H groups in total. The highest BCUT2D eigenvalue weighted by atomic mass is 16.5. The van der Waals surface area contributed by atoms with Crippen molar-refractivity contribution in [3.63, 3.8) is 0 Å². The van der Waals surface area contributed by atoms with E-state index in [-0.39, 0.29) is 0 Å². The second-order valence-electron chi connectivity index (χ2n) is 9.29. The average molecular weight is 553 g/mol. The summed E-state index contributed by atoms with van der Waals surface area (Å²) in [5.74, 6) is 0.358. The topological polar surface area (TPSA) is 88.1 Å². The third kappa shape index (κ3) is 9.07. The minimum absolute atomic E-state index is 0.365. The van der Waals surface area contributed by atoms with E-state index in [1.54, 1.807) is 48.6 Å². The molecule has 1 aliphatic carbocycles. The normalized spacial score (nSPS) is 12.4. The maximum absolute atomic E-state index is 12.6. The van der Waals surface area contributed by atoms with E-state index in [2.05, 4.69) is 6.58 Å². The molecule has 1 aliphatic rings. The number of allylic oxidation sites excluding steroid dienone is 4. The molecule has 0 saturated heterocycles. The standard InChI is InChI=1S/C34H32O7/c1-2-32(35)39-24-8-4-7-23-38-29-17-15-28(16-18-29)34(37)41-31-21-19-30(20-22-31)40-33(36)27-13-11-26(12-14-27)25-9-5-3-6-10-25/h2-3,5-6,9-19,21H,1,4,7-8,20,22-24H2. The van der Waals surface area contributed by atoms with Crippen LogP contribution in [0.2, 0.25) is 0 Å². The fourth-order valence-electron chi connectivity index (χ4n) is 4.04. The van der Waals surface area contributed by atoms with Crippen molar-refractivity contribution in [2.75, 3.05) is 13.2 Å². The van der Waals surface area contributed by atoms with E-state index in [1.165, 1.54) is 0 Å². The Morgan fingerprint density at radius 3 is 1.76 bits per heavy atom. The fraction of sp³-hybridized carbons (Fsp3) is 0.206. The summed E-state index contributed by atoms with van der Waals surface area (Å²) in [7, 11) is 0. The quantitative estimate of drug-likeness (QED) is 0.0958. The molecule has 0 bridgehead atoms. The van der Waals surface area contributed by atoms with Gasteiger partial charge in [0.2, 0.25) is 0 Å². The smallest absolute Gasteiger partial charge is 0.343 e. The summed E-state index contributed by atoms with van der Waals surface area (Å²) in [5.41, 5.74) is 2.97. The van der Waals surface area contributed by atoms with Gasteiger partial charge in [0.25, 0.3) is 0 Å². The van der Waals surface area contributed by atoms with Gasteiger partial charge in [-0.05, 0) is 78.9 Å². The van der Waals surface area contributed by atoms with E-state index in [0.29, 0.717) is 54.5 Å². The first-order valence-electron chi connectivity index (χ1n) is 13.5. The highest BCUT2D eigenvalue weighted by molar-refractivity contribution is 5.91. The van der Waals surface area contributed by atoms with Crippen molar-refractivity contribution < 1.29 is 33.3 Å². The lowest BCUT2D eigenvalue weighted by molar-refractivity contribution is -0.137. The van der Waals surface area contributed by atoms with Crippen LogP contribution in [0.5, 0.6) is 5.75 Å². The van der Waals surface area contributed by atoms with Gasteiger partial charge in [0, 0.05) is 18.9 Å². The fourth-order valence-corrected chi connectivity index (χ4v) is 4.04. The Kier molecular flexibility index (Phi) is 10.7. The molecule has 3 aromatic carbocycles. The Bertz CT molecular complexity index is 1400. The first-order valence-corrected chi connectivity index (χ1v) is 13.5. The average Bonchev–Trinajstić information content (AvgIpc) is 3.02. The molecule has 41 heavy (non-hydrogen) atoms. The van der Waals surface area contributed by atoms with Crippen molar-refractivity contribution in [3.8, 4) is 16.9 Å². The third-order valence-corrected chi connectivity index (χ3v) is 6.31. The molecule has 3 aromatic rings. The van der Waals surface area contributed by atoms with Gasteiger partial charge in [0.1, 0.15) is 17.3 Å². The number of esters is 3. The van der Waals surface area contributed by atoms with Crippen LogP contribution in [0.1, 0.15) is 52.8 Å². The summed E-state index contributed by atoms with van der Waals surface area (Å²) >= 11 is 0. The molecule has 0 saturated carbocycles. The van der Waals surface area contributed by atoms with Crippen LogP contribution in [-0.4, -0.2) is 31.1 Å². The van der Waals surface area contributed by atoms with Crippen molar-refractivity contribution in [3.05, 3.63) is 126 Å². The van der Waals surface area contributed by atoms with Crippen LogP contribution < -0.4 is 4.74 Å². The van der Waals surface area contributed by atoms with Gasteiger partial charge in [-0.1, -0.05) is 49.0 Å². The predicted molar refractivity (Wildman–Crippen MR) is 155 cm³/mol. The zero-order valence-corrected chi connectivity index (χ0v) is 22.8. The van der Waals surface area contributed by atoms with Crippen LogP contribution in [0, 0.1) is 0 Å². The molecule has 0 spiro atoms. The van der Waals surface area contributed by atoms with E-state index in [0.717, 1.165) is 36.5 Å². The molecule has 0 fully saturated rings. The number of benzene rings is 3. The van der Waals surface area contributed by atoms with Crippen LogP contribution in [-0.2, 0) is 19.0 Å². The largest absolute Gasteiger partial charge is 0.494 e. The molecule has 0 unspecified atom stereocenters. The summed E-state index contributed by atoms with van der Waals surface area (Å²) in [6.45, 7) is 4.24. The maximum atomic E-state index is 12.6. The summed E-state index contributed by atoms with van der Waals surface area (Å²) in [4.78, 5) is 36.2. The number of unbranched alkanes of at least 4 members (excludes halogenated alkanes) is 2. The number of rotatable bonds is 13. The summed E-state index contributed by atoms with van der Waals surface area (Å²) in [6.07, 6.45) is 7.76. The SMILES string of the molecule is C=CC(=O)OCCCCCOc1ccc(C(=O)OC2=CC=C(OC(=O)c3ccc(-c4ccccc4)cc3)CC2)cc1. The molecule has 4 rings (SSSR count). The number of carbonyl (C=O) groups excluding carboxylic acids is 3. The molecule has 0 atom stereocenters. The van der Waals surface area contributed by atoms with E-state index in [4.69, 9.17) is 18.9 Å². The van der Waals surface area contributed by atoms with E-state index in [1.807, 2.05) is 42.5 Å². The molecule has 0 aromatic heterocycles. The second kappa shape index (κ2) is 15.0. The summed E-state index contributed by atoms with van der Waals surface area (Å²) < 4.78 is 21.7. The first-order chi connectivity index (χ1) is 20.0. The monoisotopic (exact) mass is 552 g/mol. The number of ether oxygens (including phenoxy) is 4. The van der Waals surface area contributed by atoms with Gasteiger partial charge >= 0.3 is 17.9 Å². The predicted octanol–water partition coefficient (Wildman–Crippen LogP) is 7.21. The Balaban J connectivity index is 1.19. The molecule has 210 valence electrons. The third-order valence-electron chi connectivity index (χ3n) is 6.31. The van der Waals surface area contributed by atoms with Crippen LogP contribution in [0.25, 0.3) is 11.1 Å². The highest BCUT2D eigenvalue weighted by Crippen LogP contribution is 2.24. The second-order valence-corrected chi connectivity index (χ2v) is 9.29. The zero-order valence-electron chi connectivity index (χ0n) is 22.8. The van der Waals surface area contributed by atoms with Gasteiger partial charge in [-0.2, -0.15) is 0 Å². The molecule has 0 heterocycles. The zero-order chi connectivity index (χ0) is 28.9. The van der Waals surface area contributed by atoms with Gasteiger partial charge in [-0.3, -0.25) is 0 Å². The molecule has 0 radical (unpaired) electrons. The van der Waals surface area contributed by atoms with Crippen LogP contribution in [0.3, 0.4) is 0 Å². The van der Waals surface area contributed by atoms with E-state index >= 15 is 0 Å². The van der Waals surface area contributed by atoms with E-state index in [9.17, 15) is 14.4 Å². The van der Waals surface area contributed by atoms with Gasteiger partial charge in [-0.25, -0.2) is 14.4 Å². The van der Waals surface area contributed by atoms with Gasteiger partial charge in [-0.15, -0.1) is 0 Å². The summed E-state index contributed by atoms with van der Waals surface area (Å²) in [5, 5.41) is 0. The van der Waals surface area contributed by atoms with Gasteiger partial charge in [0.15, 0.2) is 0 Å². The lowest BCUT2D eigenvalue weighted by Gasteiger charge is -2.15. The van der Waals surface area contributed by atoms with Crippen LogP contribution in [0.4, 0.5) is 0 Å². The minimum Gasteiger partial charge on any atom is -0.494 e. The molecule has 7 heteroatoms. The molecular weight excluding hydrogens is 520 g/mol. The number of hydrogen-bond donors (Lipinski definition) is 0. The van der Waals surface area contributed by atoms with Crippen LogP contribution in [0.15, 0.2) is 115 Å². The minimum atomic E-state index is -0.468. The van der Waals surface area contributed by atoms with Gasteiger partial charge < -0.3 is 18.9 Å². The van der Waals surface area contributed by atoms with Gasteiger partial charge in [0.05, 0.1) is 24.3 Å². The Morgan fingerprint density at radius 1 is 0.659 bits per heavy atom. The highest BCUT2D eigenvalue weighted by Gasteiger charge is 2.17. The Hall–Kier alpha value is -4.91. The molecule has 0 amide bonds. The lowest BCUT2D eigenvalue weighted by atomic mass is 10.0. The van der Waals surface area contributed by atoms with Crippen molar-refractivity contribution in [2.24, 2.45) is 0 Å².